The molecule has 5 heteroatoms. The third kappa shape index (κ3) is 6.02. The molecule has 0 fully saturated rings. The number of rotatable bonds is 8. The maximum absolute atomic E-state index is 11.7. The molecule has 2 amide bonds. The average Bonchev–Trinajstić information content (AvgIpc) is 2.44. The van der Waals surface area contributed by atoms with Crippen molar-refractivity contribution < 1.29 is 9.90 Å². The largest absolute Gasteiger partial charge is 0.396 e. The summed E-state index contributed by atoms with van der Waals surface area (Å²) in [6.45, 7) is 5.27. The molecule has 5 nitrogen and oxygen atoms in total. The molecule has 1 unspecified atom stereocenters. The lowest BCUT2D eigenvalue weighted by Crippen LogP contribution is -2.38. The van der Waals surface area contributed by atoms with E-state index >= 15 is 0 Å². The topological polar surface area (TPSA) is 74.2 Å². The van der Waals surface area contributed by atoms with Crippen LogP contribution < -0.4 is 10.6 Å². The highest BCUT2D eigenvalue weighted by atomic mass is 16.3. The number of aromatic nitrogens is 1. The van der Waals surface area contributed by atoms with Gasteiger partial charge < -0.3 is 15.7 Å². The number of carbonyl (C=O) groups excluding carboxylic acids is 1. The Balaban J connectivity index is 2.31. The van der Waals surface area contributed by atoms with Gasteiger partial charge in [-0.1, -0.05) is 19.4 Å². The van der Waals surface area contributed by atoms with E-state index in [2.05, 4.69) is 22.5 Å². The van der Waals surface area contributed by atoms with Crippen LogP contribution in [0.2, 0.25) is 0 Å². The van der Waals surface area contributed by atoms with Gasteiger partial charge in [0.05, 0.1) is 12.2 Å². The monoisotopic (exact) mass is 279 g/mol. The van der Waals surface area contributed by atoms with E-state index < -0.39 is 0 Å². The van der Waals surface area contributed by atoms with Gasteiger partial charge in [-0.3, -0.25) is 4.98 Å². The van der Waals surface area contributed by atoms with Gasteiger partial charge in [-0.05, 0) is 37.3 Å². The minimum atomic E-state index is -0.186. The molecule has 0 saturated carbocycles. The Morgan fingerprint density at radius 1 is 1.40 bits per heavy atom. The van der Waals surface area contributed by atoms with Gasteiger partial charge in [0.2, 0.25) is 0 Å². The number of hydrogen-bond acceptors (Lipinski definition) is 3. The quantitative estimate of drug-likeness (QED) is 0.681. The molecule has 20 heavy (non-hydrogen) atoms. The van der Waals surface area contributed by atoms with Crippen molar-refractivity contribution in [1.29, 1.82) is 0 Å². The molecular formula is C15H25N3O2. The molecule has 0 saturated heterocycles. The fourth-order valence-electron chi connectivity index (χ4n) is 2.11. The van der Waals surface area contributed by atoms with Crippen LogP contribution in [0.5, 0.6) is 0 Å². The van der Waals surface area contributed by atoms with Crippen molar-refractivity contribution in [2.45, 2.75) is 39.7 Å². The molecule has 1 atom stereocenters. The molecule has 1 heterocycles. The van der Waals surface area contributed by atoms with E-state index in [-0.39, 0.29) is 12.6 Å². The zero-order chi connectivity index (χ0) is 14.8. The Hall–Kier alpha value is -1.62. The van der Waals surface area contributed by atoms with Crippen LogP contribution in [0.15, 0.2) is 18.3 Å². The smallest absolute Gasteiger partial charge is 0.315 e. The van der Waals surface area contributed by atoms with Crippen LogP contribution in [-0.2, 0) is 6.54 Å². The van der Waals surface area contributed by atoms with E-state index in [0.29, 0.717) is 19.0 Å². The molecule has 0 aliphatic rings. The van der Waals surface area contributed by atoms with Crippen molar-refractivity contribution in [2.24, 2.45) is 5.92 Å². The lowest BCUT2D eigenvalue weighted by molar-refractivity contribution is 0.229. The normalized spacial score (nSPS) is 11.9. The summed E-state index contributed by atoms with van der Waals surface area (Å²) < 4.78 is 0. The molecule has 0 radical (unpaired) electrons. The lowest BCUT2D eigenvalue weighted by Gasteiger charge is -2.16. The molecule has 0 spiro atoms. The molecule has 112 valence electrons. The van der Waals surface area contributed by atoms with Gasteiger partial charge >= 0.3 is 6.03 Å². The molecule has 3 N–H and O–H groups in total. The first-order valence-electron chi connectivity index (χ1n) is 7.20. The number of pyridine rings is 1. The van der Waals surface area contributed by atoms with Gasteiger partial charge in [0, 0.05) is 19.3 Å². The lowest BCUT2D eigenvalue weighted by atomic mass is 10.0. The summed E-state index contributed by atoms with van der Waals surface area (Å²) in [5.41, 5.74) is 1.94. The fourth-order valence-corrected chi connectivity index (χ4v) is 2.11. The highest BCUT2D eigenvalue weighted by molar-refractivity contribution is 5.73. The fraction of sp³-hybridized carbons (Fsp3) is 0.600. The predicted octanol–water partition coefficient (Wildman–Crippen LogP) is 1.99. The van der Waals surface area contributed by atoms with Crippen molar-refractivity contribution in [1.82, 2.24) is 15.6 Å². The summed E-state index contributed by atoms with van der Waals surface area (Å²) >= 11 is 0. The van der Waals surface area contributed by atoms with E-state index in [9.17, 15) is 4.79 Å². The Bertz CT molecular complexity index is 404. The number of aliphatic hydroxyl groups excluding tert-OH is 1. The number of nitrogens with zero attached hydrogens (tertiary/aromatic N) is 1. The third-order valence-electron chi connectivity index (χ3n) is 3.32. The summed E-state index contributed by atoms with van der Waals surface area (Å²) in [5, 5.41) is 14.6. The molecule has 0 aliphatic heterocycles. The number of aryl methyl sites for hydroxylation is 1. The van der Waals surface area contributed by atoms with Crippen molar-refractivity contribution >= 4 is 6.03 Å². The summed E-state index contributed by atoms with van der Waals surface area (Å²) in [5.74, 6) is 0.340. The summed E-state index contributed by atoms with van der Waals surface area (Å²) in [6, 6.07) is 3.66. The Labute approximate surface area is 120 Å². The number of carbonyl (C=O) groups is 1. The van der Waals surface area contributed by atoms with Crippen LogP contribution in [0.1, 0.15) is 37.4 Å². The highest BCUT2D eigenvalue weighted by Crippen LogP contribution is 2.09. The Kier molecular flexibility index (Phi) is 7.65. The maximum Gasteiger partial charge on any atom is 0.315 e. The minimum absolute atomic E-state index is 0.168. The van der Waals surface area contributed by atoms with Crippen molar-refractivity contribution in [3.63, 3.8) is 0 Å². The van der Waals surface area contributed by atoms with Gasteiger partial charge in [0.1, 0.15) is 0 Å². The van der Waals surface area contributed by atoms with Gasteiger partial charge in [-0.15, -0.1) is 0 Å². The van der Waals surface area contributed by atoms with Crippen molar-refractivity contribution in [2.75, 3.05) is 13.2 Å². The number of hydrogen-bond donors (Lipinski definition) is 3. The maximum atomic E-state index is 11.7. The first kappa shape index (κ1) is 16.4. The molecule has 1 aromatic rings. The van der Waals surface area contributed by atoms with Gasteiger partial charge in [-0.25, -0.2) is 4.79 Å². The standard InChI is InChI=1S/C15H25N3O2/c1-3-5-13(7-9-19)10-17-15(20)18-11-14-12(2)6-4-8-16-14/h4,6,8,13,19H,3,5,7,9-11H2,1-2H3,(H2,17,18,20). The van der Waals surface area contributed by atoms with Crippen LogP contribution >= 0.6 is 0 Å². The van der Waals surface area contributed by atoms with Gasteiger partial charge in [0.15, 0.2) is 0 Å². The molecular weight excluding hydrogens is 254 g/mol. The zero-order valence-electron chi connectivity index (χ0n) is 12.4. The number of nitrogens with one attached hydrogen (secondary N) is 2. The average molecular weight is 279 g/mol. The zero-order valence-corrected chi connectivity index (χ0v) is 12.4. The molecule has 0 aliphatic carbocycles. The van der Waals surface area contributed by atoms with Crippen molar-refractivity contribution in [3.05, 3.63) is 29.6 Å². The predicted molar refractivity (Wildman–Crippen MR) is 79.3 cm³/mol. The van der Waals surface area contributed by atoms with Gasteiger partial charge in [-0.2, -0.15) is 0 Å². The van der Waals surface area contributed by atoms with Crippen molar-refractivity contribution in [3.8, 4) is 0 Å². The van der Waals surface area contributed by atoms with E-state index in [0.717, 1.165) is 30.5 Å². The number of aliphatic hydroxyl groups is 1. The molecule has 1 aromatic heterocycles. The second-order valence-electron chi connectivity index (χ2n) is 5.00. The van der Waals surface area contributed by atoms with Crippen LogP contribution in [0, 0.1) is 12.8 Å². The van der Waals surface area contributed by atoms with Crippen LogP contribution in [0.3, 0.4) is 0 Å². The van der Waals surface area contributed by atoms with E-state index in [1.807, 2.05) is 19.1 Å². The minimum Gasteiger partial charge on any atom is -0.396 e. The second-order valence-corrected chi connectivity index (χ2v) is 5.00. The van der Waals surface area contributed by atoms with E-state index in [4.69, 9.17) is 5.11 Å². The Morgan fingerprint density at radius 3 is 2.85 bits per heavy atom. The third-order valence-corrected chi connectivity index (χ3v) is 3.32. The number of amides is 2. The first-order valence-corrected chi connectivity index (χ1v) is 7.20. The van der Waals surface area contributed by atoms with Crippen LogP contribution in [0.25, 0.3) is 0 Å². The van der Waals surface area contributed by atoms with Crippen LogP contribution in [0.4, 0.5) is 4.79 Å². The highest BCUT2D eigenvalue weighted by Gasteiger charge is 2.09. The van der Waals surface area contributed by atoms with E-state index in [1.165, 1.54) is 0 Å². The van der Waals surface area contributed by atoms with E-state index in [1.54, 1.807) is 6.20 Å². The second kappa shape index (κ2) is 9.31. The summed E-state index contributed by atoms with van der Waals surface area (Å²) in [7, 11) is 0. The summed E-state index contributed by atoms with van der Waals surface area (Å²) in [4.78, 5) is 16.0. The SMILES string of the molecule is CCCC(CCO)CNC(=O)NCc1ncccc1C. The molecule has 0 bridgehead atoms. The molecule has 0 aromatic carbocycles. The number of urea groups is 1. The van der Waals surface area contributed by atoms with Gasteiger partial charge in [0.25, 0.3) is 0 Å². The summed E-state index contributed by atoms with van der Waals surface area (Å²) in [6.07, 6.45) is 4.52. The first-order chi connectivity index (χ1) is 9.67. The van der Waals surface area contributed by atoms with Crippen LogP contribution in [-0.4, -0.2) is 29.3 Å². The Morgan fingerprint density at radius 2 is 2.20 bits per heavy atom. The molecule has 1 rings (SSSR count).